The molecule has 0 radical (unpaired) electrons. The number of piperidine rings is 1. The van der Waals surface area contributed by atoms with Gasteiger partial charge < -0.3 is 79.7 Å². The zero-order chi connectivity index (χ0) is 77.8. The topological polar surface area (TPSA) is 378 Å². The number of carbonyl (C=O) groups is 8. The monoisotopic (exact) mass is 1530 g/mol. The molecule has 0 saturated carbocycles. The number of para-hydroxylation sites is 1. The molecule has 584 valence electrons. The number of aliphatic hydroxyl groups is 1. The minimum absolute atomic E-state index is 0.0144. The van der Waals surface area contributed by atoms with Gasteiger partial charge in [0.2, 0.25) is 47.2 Å². The van der Waals surface area contributed by atoms with Crippen molar-refractivity contribution in [2.75, 3.05) is 44.7 Å². The van der Waals surface area contributed by atoms with Crippen LogP contribution in [0.5, 0.6) is 0 Å². The largest absolute Gasteiger partial charge is 0.391 e. The van der Waals surface area contributed by atoms with Crippen LogP contribution in [0, 0.1) is 35.0 Å². The van der Waals surface area contributed by atoms with Gasteiger partial charge in [0.05, 0.1) is 18.2 Å². The minimum atomic E-state index is -2.47. The number of rotatable bonds is 23. The number of hydrogen-bond donors (Lipinski definition) is 14. The highest BCUT2D eigenvalue weighted by atomic mass is 32.2. The summed E-state index contributed by atoms with van der Waals surface area (Å²) in [5.74, 6) is -17.2. The van der Waals surface area contributed by atoms with Crippen molar-refractivity contribution in [1.29, 1.82) is 0 Å². The molecular weight excluding hydrogens is 1430 g/mol. The van der Waals surface area contributed by atoms with Crippen LogP contribution in [-0.2, 0) is 70.5 Å². The number of aliphatic hydroxyl groups excluding tert-OH is 1. The highest BCUT2D eigenvalue weighted by molar-refractivity contribution is 7.99. The average Bonchev–Trinajstić information content (AvgIpc) is 1.67. The van der Waals surface area contributed by atoms with Crippen LogP contribution in [0.4, 0.5) is 22.0 Å². The van der Waals surface area contributed by atoms with Crippen molar-refractivity contribution in [2.45, 2.75) is 176 Å². The van der Waals surface area contributed by atoms with Gasteiger partial charge >= 0.3 is 0 Å². The van der Waals surface area contributed by atoms with E-state index in [1.54, 1.807) is 103 Å². The fourth-order valence-corrected chi connectivity index (χ4v) is 16.0. The van der Waals surface area contributed by atoms with Gasteiger partial charge in [0, 0.05) is 109 Å². The third kappa shape index (κ3) is 21.6. The quantitative estimate of drug-likeness (QED) is 0.00945. The summed E-state index contributed by atoms with van der Waals surface area (Å²) in [7, 11) is 2.17. The lowest BCUT2D eigenvalue weighted by Crippen LogP contribution is -2.61. The van der Waals surface area contributed by atoms with Crippen molar-refractivity contribution in [3.8, 4) is 0 Å². The number of likely N-dealkylation sites (N-methyl/N-ethyl adjacent to an activating group) is 1. The Hall–Kier alpha value is -9.75. The summed E-state index contributed by atoms with van der Waals surface area (Å²) in [6, 6.07) is 18.9. The van der Waals surface area contributed by atoms with Crippen molar-refractivity contribution in [2.24, 2.45) is 28.1 Å². The van der Waals surface area contributed by atoms with Crippen molar-refractivity contribution in [3.05, 3.63) is 178 Å². The number of H-pyrrole nitrogens is 2. The first-order chi connectivity index (χ1) is 52.5. The molecular formula is C79H98F5N15O9S. The van der Waals surface area contributed by atoms with E-state index in [2.05, 4.69) is 93.8 Å². The predicted octanol–water partition coefficient (Wildman–Crippen LogP) is 5.46. The smallest absolute Gasteiger partial charge is 0.245 e. The average molecular weight is 1530 g/mol. The lowest BCUT2D eigenvalue weighted by Gasteiger charge is -2.45. The standard InChI is InChI=1S/C79H98F5N15O9S/c1-44(100)71-78(108)94-59(39-53-66(80)68(82)70(84)69(83)67(53)81)64(101)29-11-5-10-25-56(88-32-33-109-43-47-34-52-51-23-16-27-55-65(51)49(41-91-55)38-63(52)99(2)42-47)72(102)92-58(28-17-31-89-79(86)87)73(103)95-60(35-45-18-6-3-7-19-45)75(105)96-61(36-46-20-8-4-9-21-46)76(106)97-62(37-48-40-90-54-24-13-12-22-50(48)54)77(107)93-57(74(104)98-71)26-14-15-30-85/h3-4,6-9,12-13,16,18-24,27,40-41,44,47,52,56-63,71,88,90-91,100H,5,10-11,14-15,17,25-26,28-39,42-43,85H2,1-2H3,(H,92,102)(H,93,107)(H,94,108)(H,95,103)(H,96,105)(H,97,106)(H,98,104)(H4,86,87,89)/t44-,47-,52-,56-,57+,58+,59+,60+,61+,62-,63-,71+/m1/s1. The number of benzene rings is 5. The zero-order valence-electron chi connectivity index (χ0n) is 61.1. The summed E-state index contributed by atoms with van der Waals surface area (Å²) in [5.41, 5.74) is 22.1. The molecule has 30 heteroatoms. The van der Waals surface area contributed by atoms with Gasteiger partial charge in [-0.05, 0) is 130 Å². The highest BCUT2D eigenvalue weighted by Gasteiger charge is 2.41. The van der Waals surface area contributed by atoms with Gasteiger partial charge in [-0.1, -0.05) is 104 Å². The van der Waals surface area contributed by atoms with E-state index in [0.29, 0.717) is 64.2 Å². The molecule has 0 unspecified atom stereocenters. The molecule has 4 heterocycles. The Bertz CT molecular complexity index is 4330. The second kappa shape index (κ2) is 39.1. The number of Topliss-reactive ketones (excluding diaryl/α,β-unsaturated/α-hetero) is 1. The number of nitrogens with two attached hydrogens (primary N) is 3. The second-order valence-corrected chi connectivity index (χ2v) is 29.8. The number of aliphatic imine (C=N–C) groups is 1. The SMILES string of the molecule is C[C@@H](O)[C@@H]1NC(=O)[C@H](CCCCN)NC(=O)[C@@H](Cc2c[nH]c3ccccc23)NC(=O)[C@H](Cc2ccccc2)NC(=O)[C@H](Cc2ccccc2)NC(=O)[C@H](CCCN=C(N)N)NC(=O)[C@H](NCCSC[C@@H]2C[C@@H]3c4cccc5[nH]cc(c45)C[C@H]3N(C)C2)CCCCCC(=O)[C@H](Cc2c(F)c(F)c(F)c(F)c2F)NC1=O. The number of aromatic nitrogens is 2. The van der Waals surface area contributed by atoms with Crippen molar-refractivity contribution < 1.29 is 65.4 Å². The maximum Gasteiger partial charge on any atom is 0.245 e. The van der Waals surface area contributed by atoms with E-state index in [-0.39, 0.29) is 89.7 Å². The molecule has 12 atom stereocenters. The van der Waals surface area contributed by atoms with Crippen molar-refractivity contribution >= 4 is 86.7 Å². The van der Waals surface area contributed by atoms with Crippen LogP contribution in [0.15, 0.2) is 121 Å². The van der Waals surface area contributed by atoms with Crippen molar-refractivity contribution in [1.82, 2.24) is 57.4 Å². The maximum atomic E-state index is 15.6. The summed E-state index contributed by atoms with van der Waals surface area (Å²) < 4.78 is 75.4. The van der Waals surface area contributed by atoms with Crippen LogP contribution < -0.4 is 59.7 Å². The molecule has 0 bridgehead atoms. The predicted molar refractivity (Wildman–Crippen MR) is 407 cm³/mol. The number of hydrogen-bond acceptors (Lipinski definition) is 14. The number of ketones is 1. The second-order valence-electron chi connectivity index (χ2n) is 28.7. The molecule has 2 fully saturated rings. The van der Waals surface area contributed by atoms with Crippen LogP contribution in [0.25, 0.3) is 21.8 Å². The first-order valence-corrected chi connectivity index (χ1v) is 38.4. The van der Waals surface area contributed by atoms with Gasteiger partial charge in [-0.25, -0.2) is 22.0 Å². The van der Waals surface area contributed by atoms with E-state index in [4.69, 9.17) is 17.2 Å². The summed E-state index contributed by atoms with van der Waals surface area (Å²) in [5, 5.41) is 35.6. The number of fused-ring (bicyclic) bond motifs is 3. The molecule has 24 nitrogen and oxygen atoms in total. The Balaban J connectivity index is 0.980. The van der Waals surface area contributed by atoms with Gasteiger partial charge in [-0.15, -0.1) is 0 Å². The third-order valence-corrected chi connectivity index (χ3v) is 21.9. The van der Waals surface area contributed by atoms with E-state index >= 15 is 32.8 Å². The number of amides is 7. The van der Waals surface area contributed by atoms with Crippen molar-refractivity contribution in [3.63, 3.8) is 0 Å². The van der Waals surface area contributed by atoms with Crippen LogP contribution in [0.3, 0.4) is 0 Å². The Morgan fingerprint density at radius 2 is 1.17 bits per heavy atom. The van der Waals surface area contributed by atoms with Gasteiger partial charge in [0.15, 0.2) is 35.0 Å². The van der Waals surface area contributed by atoms with Crippen LogP contribution in [0.1, 0.15) is 117 Å². The van der Waals surface area contributed by atoms with E-state index in [1.807, 2.05) is 0 Å². The number of nitrogens with zero attached hydrogens (tertiary/aromatic N) is 2. The minimum Gasteiger partial charge on any atom is -0.391 e. The molecule has 7 amide bonds. The highest BCUT2D eigenvalue weighted by Crippen LogP contribution is 2.45. The molecule has 2 aromatic heterocycles. The number of carbonyl (C=O) groups excluding carboxylic acids is 8. The number of unbranched alkanes of at least 4 members (excludes halogenated alkanes) is 1. The van der Waals surface area contributed by atoms with Crippen LogP contribution >= 0.6 is 11.8 Å². The number of aromatic amines is 2. The summed E-state index contributed by atoms with van der Waals surface area (Å²) in [6.45, 7) is 2.49. The molecule has 0 spiro atoms. The Morgan fingerprint density at radius 1 is 0.606 bits per heavy atom. The number of thioether (sulfide) groups is 1. The molecule has 2 aliphatic heterocycles. The lowest BCUT2D eigenvalue weighted by atomic mass is 9.73. The van der Waals surface area contributed by atoms with Gasteiger partial charge in [-0.2, -0.15) is 11.8 Å². The van der Waals surface area contributed by atoms with E-state index in [9.17, 15) is 32.7 Å². The molecule has 5 aromatic carbocycles. The molecule has 10 rings (SSSR count). The fourth-order valence-electron chi connectivity index (χ4n) is 15.0. The molecule has 3 aliphatic rings. The van der Waals surface area contributed by atoms with Crippen LogP contribution in [0.2, 0.25) is 0 Å². The third-order valence-electron chi connectivity index (χ3n) is 20.7. The number of halogens is 5. The lowest BCUT2D eigenvalue weighted by molar-refractivity contribution is -0.136. The summed E-state index contributed by atoms with van der Waals surface area (Å²) in [6.07, 6.45) is 2.57. The van der Waals surface area contributed by atoms with Crippen LogP contribution in [-0.4, -0.2) is 178 Å². The fraction of sp³-hybridized carbons (Fsp3) is 0.456. The Morgan fingerprint density at radius 3 is 1.81 bits per heavy atom. The van der Waals surface area contributed by atoms with E-state index < -0.39 is 149 Å². The number of guanidine groups is 1. The maximum absolute atomic E-state index is 15.6. The van der Waals surface area contributed by atoms with Gasteiger partial charge in [0.25, 0.3) is 0 Å². The molecule has 17 N–H and O–H groups in total. The Kier molecular flexibility index (Phi) is 29.3. The molecule has 109 heavy (non-hydrogen) atoms. The van der Waals surface area contributed by atoms with Gasteiger partial charge in [0.1, 0.15) is 36.3 Å². The van der Waals surface area contributed by atoms with E-state index in [0.717, 1.165) is 37.6 Å². The molecule has 1 aliphatic carbocycles. The summed E-state index contributed by atoms with van der Waals surface area (Å²) in [4.78, 5) is 133. The first kappa shape index (κ1) is 81.8. The zero-order valence-corrected chi connectivity index (χ0v) is 61.9. The Labute approximate surface area is 633 Å². The van der Waals surface area contributed by atoms with E-state index in [1.165, 1.54) is 16.5 Å². The van der Waals surface area contributed by atoms with Gasteiger partial charge in [-0.3, -0.25) is 43.3 Å². The number of nitrogens with one attached hydrogen (secondary N) is 10. The number of likely N-dealkylation sites (tertiary alicyclic amines) is 1. The molecule has 7 aromatic rings. The normalized spacial score (nSPS) is 23.8. The molecule has 2 saturated heterocycles. The first-order valence-electron chi connectivity index (χ1n) is 37.3. The summed E-state index contributed by atoms with van der Waals surface area (Å²) >= 11 is 1.73.